The van der Waals surface area contributed by atoms with Gasteiger partial charge in [0.2, 0.25) is 5.96 Å². The van der Waals surface area contributed by atoms with Crippen molar-refractivity contribution in [3.8, 4) is 0 Å². The molecule has 0 fully saturated rings. The number of hydrogen-bond donors (Lipinski definition) is 3. The molecule has 4 nitrogen and oxygen atoms in total. The average Bonchev–Trinajstić information content (AvgIpc) is 2.49. The number of hydrogen-bond acceptors (Lipinski definition) is 2. The number of hydrazone groups is 1. The van der Waals surface area contributed by atoms with Gasteiger partial charge in [0.25, 0.3) is 0 Å². The topological polar surface area (TPSA) is 60.3 Å². The minimum atomic E-state index is 0.0956. The molecule has 2 rings (SSSR count). The van der Waals surface area contributed by atoms with Crippen LogP contribution in [0.3, 0.4) is 0 Å². The number of guanidine groups is 1. The molecule has 0 unspecified atom stereocenters. The zero-order chi connectivity index (χ0) is 15.1. The third-order valence-electron chi connectivity index (χ3n) is 2.68. The maximum absolute atomic E-state index is 7.71. The lowest BCUT2D eigenvalue weighted by Crippen LogP contribution is -2.32. The average molecular weight is 321 g/mol. The molecule has 0 bridgehead atoms. The fourth-order valence-electron chi connectivity index (χ4n) is 1.62. The minimum Gasteiger partial charge on any atom is -0.351 e. The van der Waals surface area contributed by atoms with Gasteiger partial charge in [0.05, 0.1) is 16.3 Å². The molecule has 2 aromatic rings. The van der Waals surface area contributed by atoms with Gasteiger partial charge < -0.3 is 5.32 Å². The molecule has 2 aromatic carbocycles. The maximum Gasteiger partial charge on any atom is 0.209 e. The summed E-state index contributed by atoms with van der Waals surface area (Å²) in [5.74, 6) is 0.0956. The number of nitrogens with one attached hydrogen (secondary N) is 3. The van der Waals surface area contributed by atoms with Gasteiger partial charge in [0.15, 0.2) is 0 Å². The summed E-state index contributed by atoms with van der Waals surface area (Å²) in [6.45, 7) is 0.551. The molecular formula is C15H14Cl2N4. The molecule has 0 saturated carbocycles. The van der Waals surface area contributed by atoms with Gasteiger partial charge in [0.1, 0.15) is 0 Å². The van der Waals surface area contributed by atoms with E-state index in [0.29, 0.717) is 22.2 Å². The Morgan fingerprint density at radius 3 is 2.38 bits per heavy atom. The lowest BCUT2D eigenvalue weighted by Gasteiger charge is -2.07. The van der Waals surface area contributed by atoms with Crippen LogP contribution in [0.1, 0.15) is 11.1 Å². The van der Waals surface area contributed by atoms with E-state index in [4.69, 9.17) is 28.6 Å². The Kier molecular flexibility index (Phi) is 5.60. The molecule has 0 amide bonds. The normalized spacial score (nSPS) is 10.6. The summed E-state index contributed by atoms with van der Waals surface area (Å²) in [6, 6.07) is 15.0. The third-order valence-corrected chi connectivity index (χ3v) is 3.34. The van der Waals surface area contributed by atoms with Crippen LogP contribution in [-0.2, 0) is 6.54 Å². The van der Waals surface area contributed by atoms with Crippen LogP contribution in [0.15, 0.2) is 53.6 Å². The first kappa shape index (κ1) is 15.4. The van der Waals surface area contributed by atoms with Gasteiger partial charge in [-0.3, -0.25) is 5.41 Å². The fourth-order valence-corrected chi connectivity index (χ4v) is 2.12. The molecule has 108 valence electrons. The molecule has 0 aliphatic carbocycles. The molecule has 0 aliphatic heterocycles. The van der Waals surface area contributed by atoms with Gasteiger partial charge in [-0.1, -0.05) is 59.6 Å². The Hall–Kier alpha value is -2.04. The Bertz CT molecular complexity index is 621. The van der Waals surface area contributed by atoms with Crippen molar-refractivity contribution in [3.05, 3.63) is 69.7 Å². The van der Waals surface area contributed by atoms with Crippen LogP contribution in [0.25, 0.3) is 0 Å². The van der Waals surface area contributed by atoms with Crippen molar-refractivity contribution in [3.63, 3.8) is 0 Å². The van der Waals surface area contributed by atoms with Gasteiger partial charge >= 0.3 is 0 Å². The third kappa shape index (κ3) is 4.77. The van der Waals surface area contributed by atoms with Gasteiger partial charge in [-0.25, -0.2) is 5.43 Å². The summed E-state index contributed by atoms with van der Waals surface area (Å²) in [7, 11) is 0. The second kappa shape index (κ2) is 7.67. The highest BCUT2D eigenvalue weighted by atomic mass is 35.5. The standard InChI is InChI=1S/C15H14Cl2N4/c16-13-7-4-8-14(17)12(13)10-20-21-15(18)19-9-11-5-2-1-3-6-11/h1-8,10H,9H2,(H3,18,19,21). The number of benzene rings is 2. The Labute approximate surface area is 133 Å². The summed E-state index contributed by atoms with van der Waals surface area (Å²) in [4.78, 5) is 0. The van der Waals surface area contributed by atoms with Gasteiger partial charge in [-0.05, 0) is 17.7 Å². The molecule has 0 saturated heterocycles. The van der Waals surface area contributed by atoms with Crippen molar-refractivity contribution in [2.75, 3.05) is 0 Å². The Morgan fingerprint density at radius 2 is 1.71 bits per heavy atom. The summed E-state index contributed by atoms with van der Waals surface area (Å²) in [5.41, 5.74) is 4.28. The Morgan fingerprint density at radius 1 is 1.05 bits per heavy atom. The molecule has 0 spiro atoms. The first-order valence-corrected chi connectivity index (χ1v) is 7.02. The fraction of sp³-hybridized carbons (Fsp3) is 0.0667. The Balaban J connectivity index is 1.85. The minimum absolute atomic E-state index is 0.0956. The summed E-state index contributed by atoms with van der Waals surface area (Å²) in [6.07, 6.45) is 1.49. The van der Waals surface area contributed by atoms with Gasteiger partial charge in [-0.15, -0.1) is 0 Å². The van der Waals surface area contributed by atoms with E-state index >= 15 is 0 Å². The highest BCUT2D eigenvalue weighted by Gasteiger charge is 2.02. The highest BCUT2D eigenvalue weighted by Crippen LogP contribution is 2.21. The van der Waals surface area contributed by atoms with E-state index in [-0.39, 0.29) is 5.96 Å². The zero-order valence-electron chi connectivity index (χ0n) is 11.1. The van der Waals surface area contributed by atoms with E-state index in [1.807, 2.05) is 30.3 Å². The van der Waals surface area contributed by atoms with E-state index in [1.165, 1.54) is 6.21 Å². The van der Waals surface area contributed by atoms with Gasteiger partial charge in [-0.2, -0.15) is 5.10 Å². The molecule has 0 atom stereocenters. The van der Waals surface area contributed by atoms with E-state index in [2.05, 4.69) is 15.8 Å². The monoisotopic (exact) mass is 320 g/mol. The van der Waals surface area contributed by atoms with E-state index in [1.54, 1.807) is 18.2 Å². The molecule has 0 aromatic heterocycles. The molecule has 0 radical (unpaired) electrons. The highest BCUT2D eigenvalue weighted by molar-refractivity contribution is 6.38. The smallest absolute Gasteiger partial charge is 0.209 e. The van der Waals surface area contributed by atoms with Crippen LogP contribution >= 0.6 is 23.2 Å². The molecule has 0 aliphatic rings. The van der Waals surface area contributed by atoms with Crippen molar-refractivity contribution in [1.29, 1.82) is 5.41 Å². The molecule has 6 heteroatoms. The molecule has 21 heavy (non-hydrogen) atoms. The predicted molar refractivity (Wildman–Crippen MR) is 88.2 cm³/mol. The van der Waals surface area contributed by atoms with Crippen molar-refractivity contribution in [1.82, 2.24) is 10.7 Å². The first-order valence-electron chi connectivity index (χ1n) is 6.26. The van der Waals surface area contributed by atoms with Gasteiger partial charge in [0, 0.05) is 12.1 Å². The van der Waals surface area contributed by atoms with Crippen molar-refractivity contribution in [2.24, 2.45) is 5.10 Å². The summed E-state index contributed by atoms with van der Waals surface area (Å²) >= 11 is 12.0. The van der Waals surface area contributed by atoms with E-state index in [0.717, 1.165) is 5.56 Å². The van der Waals surface area contributed by atoms with Crippen molar-refractivity contribution < 1.29 is 0 Å². The van der Waals surface area contributed by atoms with E-state index in [9.17, 15) is 0 Å². The second-order valence-electron chi connectivity index (χ2n) is 4.22. The molecule has 0 heterocycles. The molecule has 3 N–H and O–H groups in total. The van der Waals surface area contributed by atoms with Crippen LogP contribution in [0.2, 0.25) is 10.0 Å². The van der Waals surface area contributed by atoms with Crippen LogP contribution in [0, 0.1) is 5.41 Å². The van der Waals surface area contributed by atoms with Crippen LogP contribution in [0.5, 0.6) is 0 Å². The number of rotatable bonds is 4. The van der Waals surface area contributed by atoms with Crippen LogP contribution in [-0.4, -0.2) is 12.2 Å². The number of halogens is 2. The van der Waals surface area contributed by atoms with Crippen LogP contribution < -0.4 is 10.7 Å². The quantitative estimate of drug-likeness (QED) is 0.457. The zero-order valence-corrected chi connectivity index (χ0v) is 12.6. The second-order valence-corrected chi connectivity index (χ2v) is 5.03. The predicted octanol–water partition coefficient (Wildman–Crippen LogP) is 3.64. The summed E-state index contributed by atoms with van der Waals surface area (Å²) in [5, 5.41) is 15.6. The number of nitrogens with zero attached hydrogens (tertiary/aromatic N) is 1. The summed E-state index contributed by atoms with van der Waals surface area (Å²) < 4.78 is 0. The largest absolute Gasteiger partial charge is 0.351 e. The van der Waals surface area contributed by atoms with Crippen molar-refractivity contribution in [2.45, 2.75) is 6.54 Å². The first-order chi connectivity index (χ1) is 10.2. The van der Waals surface area contributed by atoms with E-state index < -0.39 is 0 Å². The van der Waals surface area contributed by atoms with Crippen LogP contribution in [0.4, 0.5) is 0 Å². The lowest BCUT2D eigenvalue weighted by molar-refractivity contribution is 0.837. The lowest BCUT2D eigenvalue weighted by atomic mass is 10.2. The molecular weight excluding hydrogens is 307 g/mol. The van der Waals surface area contributed by atoms with Crippen molar-refractivity contribution >= 4 is 35.4 Å². The SMILES string of the molecule is N=C(NCc1ccccc1)NN=Cc1c(Cl)cccc1Cl. The maximum atomic E-state index is 7.71.